The van der Waals surface area contributed by atoms with E-state index in [0.717, 1.165) is 0 Å². The van der Waals surface area contributed by atoms with Crippen molar-refractivity contribution in [3.63, 3.8) is 0 Å². The van der Waals surface area contributed by atoms with Crippen LogP contribution >= 0.6 is 0 Å². The minimum atomic E-state index is -0.962. The van der Waals surface area contributed by atoms with E-state index in [9.17, 15) is 24.8 Å². The van der Waals surface area contributed by atoms with Gasteiger partial charge in [0.2, 0.25) is 0 Å². The van der Waals surface area contributed by atoms with Crippen LogP contribution in [0.15, 0.2) is 12.1 Å². The fourth-order valence-electron chi connectivity index (χ4n) is 2.62. The van der Waals surface area contributed by atoms with Crippen molar-refractivity contribution in [1.82, 2.24) is 4.90 Å². The van der Waals surface area contributed by atoms with Gasteiger partial charge < -0.3 is 14.6 Å². The Labute approximate surface area is 144 Å². The maximum absolute atomic E-state index is 12.4. The lowest BCUT2D eigenvalue weighted by atomic mass is 9.93. The van der Waals surface area contributed by atoms with Crippen molar-refractivity contribution >= 4 is 17.7 Å². The van der Waals surface area contributed by atoms with E-state index >= 15 is 0 Å². The van der Waals surface area contributed by atoms with Crippen LogP contribution < -0.4 is 0 Å². The first-order valence-electron chi connectivity index (χ1n) is 7.60. The van der Waals surface area contributed by atoms with Crippen LogP contribution in [-0.2, 0) is 27.2 Å². The molecule has 0 radical (unpaired) electrons. The van der Waals surface area contributed by atoms with E-state index in [2.05, 4.69) is 0 Å². The smallest absolute Gasteiger partial charge is 0.411 e. The zero-order valence-electron chi connectivity index (χ0n) is 14.4. The number of phenolic OH excluding ortho intramolecular Hbond substituents is 1. The number of methoxy groups -OCH3 is 1. The molecule has 9 heteroatoms. The van der Waals surface area contributed by atoms with E-state index < -0.39 is 40.1 Å². The highest BCUT2D eigenvalue weighted by molar-refractivity contribution is 5.82. The van der Waals surface area contributed by atoms with E-state index in [1.165, 1.54) is 24.1 Å². The summed E-state index contributed by atoms with van der Waals surface area (Å²) >= 11 is 0. The summed E-state index contributed by atoms with van der Waals surface area (Å²) in [6, 6.07) is 1.49. The number of carbonyl (C=O) groups is 2. The van der Waals surface area contributed by atoms with Crippen molar-refractivity contribution in [3.8, 4) is 5.75 Å². The molecule has 1 atom stereocenters. The van der Waals surface area contributed by atoms with Crippen LogP contribution in [0.25, 0.3) is 0 Å². The Morgan fingerprint density at radius 2 is 1.96 bits per heavy atom. The summed E-state index contributed by atoms with van der Waals surface area (Å²) in [5.74, 6) is -1.14. The first kappa shape index (κ1) is 18.5. The third-order valence-corrected chi connectivity index (χ3v) is 3.72. The van der Waals surface area contributed by atoms with Crippen molar-refractivity contribution in [3.05, 3.63) is 33.4 Å². The first-order chi connectivity index (χ1) is 11.5. The number of esters is 1. The number of amides is 1. The van der Waals surface area contributed by atoms with Gasteiger partial charge in [0.05, 0.1) is 18.6 Å². The van der Waals surface area contributed by atoms with Crippen LogP contribution in [-0.4, -0.2) is 45.7 Å². The lowest BCUT2D eigenvalue weighted by molar-refractivity contribution is -0.386. The molecule has 136 valence electrons. The largest absolute Gasteiger partial charge is 0.502 e. The molecule has 1 N–H and O–H groups in total. The van der Waals surface area contributed by atoms with Crippen LogP contribution in [0.3, 0.4) is 0 Å². The molecule has 0 fully saturated rings. The molecule has 0 saturated carbocycles. The van der Waals surface area contributed by atoms with Crippen molar-refractivity contribution in [2.24, 2.45) is 0 Å². The SMILES string of the molecule is COC(=O)C1Cc2cc([N+](=O)[O-])c(O)cc2CN1C(=O)OC(C)(C)C. The fraction of sp³-hybridized carbons (Fsp3) is 0.500. The minimum absolute atomic E-state index is 0.0301. The number of ether oxygens (including phenoxy) is 2. The van der Waals surface area contributed by atoms with Crippen molar-refractivity contribution in [2.75, 3.05) is 7.11 Å². The van der Waals surface area contributed by atoms with Gasteiger partial charge in [-0.1, -0.05) is 0 Å². The molecule has 1 aromatic carbocycles. The Bertz CT molecular complexity index is 724. The quantitative estimate of drug-likeness (QED) is 0.492. The molecule has 0 saturated heterocycles. The zero-order chi connectivity index (χ0) is 18.9. The molecule has 0 spiro atoms. The third kappa shape index (κ3) is 3.98. The number of fused-ring (bicyclic) bond motifs is 1. The summed E-state index contributed by atoms with van der Waals surface area (Å²) in [6.45, 7) is 5.07. The van der Waals surface area contributed by atoms with Gasteiger partial charge in [-0.15, -0.1) is 0 Å². The summed E-state index contributed by atoms with van der Waals surface area (Å²) in [7, 11) is 1.20. The topological polar surface area (TPSA) is 119 Å². The molecule has 1 unspecified atom stereocenters. The first-order valence-corrected chi connectivity index (χ1v) is 7.60. The molecule has 1 aromatic rings. The van der Waals surface area contributed by atoms with Gasteiger partial charge in [0.1, 0.15) is 11.6 Å². The number of nitro benzene ring substituents is 1. The molecular weight excluding hydrogens is 332 g/mol. The number of hydrogen-bond acceptors (Lipinski definition) is 7. The highest BCUT2D eigenvalue weighted by atomic mass is 16.6. The second kappa shape index (κ2) is 6.58. The van der Waals surface area contributed by atoms with Crippen molar-refractivity contribution < 1.29 is 29.1 Å². The highest BCUT2D eigenvalue weighted by Gasteiger charge is 2.38. The number of benzene rings is 1. The van der Waals surface area contributed by atoms with Gasteiger partial charge in [-0.2, -0.15) is 0 Å². The summed E-state index contributed by atoms with van der Waals surface area (Å²) in [5.41, 5.74) is -0.197. The lowest BCUT2D eigenvalue weighted by Gasteiger charge is -2.36. The average Bonchev–Trinajstić information content (AvgIpc) is 2.50. The molecule has 0 bridgehead atoms. The molecule has 1 aliphatic heterocycles. The fourth-order valence-corrected chi connectivity index (χ4v) is 2.62. The van der Waals surface area contributed by atoms with Crippen LogP contribution in [0.2, 0.25) is 0 Å². The van der Waals surface area contributed by atoms with Crippen LogP contribution in [0.1, 0.15) is 31.9 Å². The number of nitrogens with zero attached hydrogens (tertiary/aromatic N) is 2. The van der Waals surface area contributed by atoms with E-state index in [1.54, 1.807) is 20.8 Å². The van der Waals surface area contributed by atoms with Gasteiger partial charge in [-0.3, -0.25) is 15.0 Å². The maximum atomic E-state index is 12.4. The van der Waals surface area contributed by atoms with Gasteiger partial charge in [0, 0.05) is 12.5 Å². The molecule has 0 aliphatic carbocycles. The number of aromatic hydroxyl groups is 1. The Kier molecular flexibility index (Phi) is 4.87. The van der Waals surface area contributed by atoms with E-state index in [-0.39, 0.29) is 13.0 Å². The van der Waals surface area contributed by atoms with Gasteiger partial charge in [-0.05, 0) is 38.0 Å². The normalized spacial score (nSPS) is 16.8. The highest BCUT2D eigenvalue weighted by Crippen LogP contribution is 2.34. The van der Waals surface area contributed by atoms with E-state index in [0.29, 0.717) is 11.1 Å². The molecule has 9 nitrogen and oxygen atoms in total. The average molecular weight is 352 g/mol. The lowest BCUT2D eigenvalue weighted by Crippen LogP contribution is -2.50. The molecule has 0 aromatic heterocycles. The van der Waals surface area contributed by atoms with E-state index in [1.807, 2.05) is 0 Å². The van der Waals surface area contributed by atoms with Gasteiger partial charge in [0.15, 0.2) is 5.75 Å². The standard InChI is InChI=1S/C16H20N2O7/c1-16(2,3)25-15(21)17-8-10-7-13(19)11(18(22)23)5-9(10)6-12(17)14(20)24-4/h5,7,12,19H,6,8H2,1-4H3. The number of carbonyl (C=O) groups excluding carboxylic acids is 2. The van der Waals surface area contributed by atoms with Crippen molar-refractivity contribution in [2.45, 2.75) is 45.4 Å². The van der Waals surface area contributed by atoms with Crippen molar-refractivity contribution in [1.29, 1.82) is 0 Å². The molecule has 25 heavy (non-hydrogen) atoms. The van der Waals surface area contributed by atoms with Crippen LogP contribution in [0.4, 0.5) is 10.5 Å². The van der Waals surface area contributed by atoms with Gasteiger partial charge >= 0.3 is 17.7 Å². The zero-order valence-corrected chi connectivity index (χ0v) is 14.4. The Morgan fingerprint density at radius 3 is 2.48 bits per heavy atom. The van der Waals surface area contributed by atoms with Crippen LogP contribution in [0, 0.1) is 10.1 Å². The Balaban J connectivity index is 2.42. The molecule has 1 aliphatic rings. The third-order valence-electron chi connectivity index (χ3n) is 3.72. The predicted octanol–water partition coefficient (Wildman–Crippen LogP) is 2.14. The number of hydrogen-bond donors (Lipinski definition) is 1. The molecule has 1 amide bonds. The Morgan fingerprint density at radius 1 is 1.32 bits per heavy atom. The molecule has 2 rings (SSSR count). The second-order valence-corrected chi connectivity index (χ2v) is 6.72. The second-order valence-electron chi connectivity index (χ2n) is 6.72. The monoisotopic (exact) mass is 352 g/mol. The maximum Gasteiger partial charge on any atom is 0.411 e. The van der Waals surface area contributed by atoms with E-state index in [4.69, 9.17) is 9.47 Å². The van der Waals surface area contributed by atoms with Crippen LogP contribution in [0.5, 0.6) is 5.75 Å². The minimum Gasteiger partial charge on any atom is -0.502 e. The summed E-state index contributed by atoms with van der Waals surface area (Å²) in [5, 5.41) is 20.8. The molecule has 1 heterocycles. The summed E-state index contributed by atoms with van der Waals surface area (Å²) in [6.07, 6.45) is -0.672. The summed E-state index contributed by atoms with van der Waals surface area (Å²) in [4.78, 5) is 36.0. The number of rotatable bonds is 2. The summed E-state index contributed by atoms with van der Waals surface area (Å²) < 4.78 is 10.1. The van der Waals surface area contributed by atoms with Gasteiger partial charge in [-0.25, -0.2) is 9.59 Å². The predicted molar refractivity (Wildman–Crippen MR) is 86.0 cm³/mol. The molecular formula is C16H20N2O7. The number of nitro groups is 1. The Hall–Kier alpha value is -2.84. The number of phenols is 1. The van der Waals surface area contributed by atoms with Gasteiger partial charge in [0.25, 0.3) is 0 Å².